The Bertz CT molecular complexity index is 419. The van der Waals surface area contributed by atoms with Crippen molar-refractivity contribution < 1.29 is 9.47 Å². The van der Waals surface area contributed by atoms with Gasteiger partial charge in [0, 0.05) is 12.8 Å². The molecule has 1 aliphatic rings. The average molecular weight is 252 g/mol. The summed E-state index contributed by atoms with van der Waals surface area (Å²) >= 11 is 5.87. The first kappa shape index (κ1) is 12.4. The number of rotatable bonds is 2. The first-order chi connectivity index (χ1) is 8.36. The van der Waals surface area contributed by atoms with E-state index >= 15 is 0 Å². The predicted molar refractivity (Wildman–Crippen MR) is 65.7 cm³/mol. The van der Waals surface area contributed by atoms with Crippen LogP contribution in [0.1, 0.15) is 24.8 Å². The van der Waals surface area contributed by atoms with Crippen LogP contribution in [0.4, 0.5) is 0 Å². The third-order valence-electron chi connectivity index (χ3n) is 2.46. The third-order valence-corrected chi connectivity index (χ3v) is 2.76. The second-order valence-corrected chi connectivity index (χ2v) is 4.11. The van der Waals surface area contributed by atoms with E-state index in [1.54, 1.807) is 12.3 Å². The van der Waals surface area contributed by atoms with Gasteiger partial charge in [-0.05, 0) is 31.4 Å². The first-order valence-corrected chi connectivity index (χ1v) is 6.06. The molecule has 4 heteroatoms. The molecule has 2 heterocycles. The molecule has 1 aliphatic heterocycles. The second-order valence-electron chi connectivity index (χ2n) is 3.75. The molecular formula is C13H14ClNO2. The van der Waals surface area contributed by atoms with Gasteiger partial charge in [0.15, 0.2) is 6.29 Å². The summed E-state index contributed by atoms with van der Waals surface area (Å²) < 4.78 is 10.9. The van der Waals surface area contributed by atoms with E-state index in [2.05, 4.69) is 16.8 Å². The largest absolute Gasteiger partial charge is 0.353 e. The van der Waals surface area contributed by atoms with Crippen LogP contribution in [0.25, 0.3) is 0 Å². The van der Waals surface area contributed by atoms with Crippen molar-refractivity contribution in [3.05, 3.63) is 29.0 Å². The Morgan fingerprint density at radius 3 is 3.24 bits per heavy atom. The van der Waals surface area contributed by atoms with Crippen LogP contribution in [0, 0.1) is 11.8 Å². The summed E-state index contributed by atoms with van der Waals surface area (Å²) in [7, 11) is 0. The van der Waals surface area contributed by atoms with Gasteiger partial charge in [0.1, 0.15) is 11.8 Å². The normalized spacial score (nSPS) is 19.5. The van der Waals surface area contributed by atoms with Crippen molar-refractivity contribution >= 4 is 11.6 Å². The lowest BCUT2D eigenvalue weighted by atomic mass is 10.2. The standard InChI is InChI=1S/C13H14ClNO2/c14-13-11(5-3-8-15-13)6-4-10-17-12-7-1-2-9-16-12/h3,5,8,12H,1-2,7,9-10H2. The highest BCUT2D eigenvalue weighted by Crippen LogP contribution is 2.13. The molecule has 0 radical (unpaired) electrons. The first-order valence-electron chi connectivity index (χ1n) is 5.69. The number of halogens is 1. The number of ether oxygens (including phenoxy) is 2. The molecule has 3 nitrogen and oxygen atoms in total. The van der Waals surface area contributed by atoms with Crippen molar-refractivity contribution in [2.75, 3.05) is 13.2 Å². The number of pyridine rings is 1. The Balaban J connectivity index is 1.80. The van der Waals surface area contributed by atoms with E-state index < -0.39 is 0 Å². The molecule has 0 N–H and O–H groups in total. The summed E-state index contributed by atoms with van der Waals surface area (Å²) in [5.74, 6) is 5.84. The highest BCUT2D eigenvalue weighted by atomic mass is 35.5. The van der Waals surface area contributed by atoms with Crippen LogP contribution < -0.4 is 0 Å². The van der Waals surface area contributed by atoms with Crippen LogP contribution in [0.15, 0.2) is 18.3 Å². The van der Waals surface area contributed by atoms with Crippen LogP contribution in [0.2, 0.25) is 5.15 Å². The Labute approximate surface area is 106 Å². The van der Waals surface area contributed by atoms with Crippen molar-refractivity contribution in [2.24, 2.45) is 0 Å². The quantitative estimate of drug-likeness (QED) is 0.598. The monoisotopic (exact) mass is 251 g/mol. The molecule has 0 bridgehead atoms. The molecule has 0 aliphatic carbocycles. The second kappa shape index (κ2) is 6.61. The van der Waals surface area contributed by atoms with Gasteiger partial charge in [0.2, 0.25) is 0 Å². The average Bonchev–Trinajstić information content (AvgIpc) is 2.38. The van der Waals surface area contributed by atoms with Crippen LogP contribution in [0.3, 0.4) is 0 Å². The highest BCUT2D eigenvalue weighted by Gasteiger charge is 2.12. The molecule has 1 aromatic rings. The Hall–Kier alpha value is -1.08. The van der Waals surface area contributed by atoms with Crippen molar-refractivity contribution in [3.63, 3.8) is 0 Å². The van der Waals surface area contributed by atoms with E-state index in [1.807, 2.05) is 6.07 Å². The predicted octanol–water partition coefficient (Wildman–Crippen LogP) is 2.63. The van der Waals surface area contributed by atoms with Crippen LogP contribution in [-0.4, -0.2) is 24.5 Å². The van der Waals surface area contributed by atoms with E-state index in [9.17, 15) is 0 Å². The summed E-state index contributed by atoms with van der Waals surface area (Å²) in [6.07, 6.45) is 4.78. The SMILES string of the molecule is Clc1ncccc1C#CCOC1CCCCO1. The lowest BCUT2D eigenvalue weighted by Gasteiger charge is -2.21. The van der Waals surface area contributed by atoms with Crippen LogP contribution >= 0.6 is 11.6 Å². The fraction of sp³-hybridized carbons (Fsp3) is 0.462. The summed E-state index contributed by atoms with van der Waals surface area (Å²) in [5, 5.41) is 0.425. The Morgan fingerprint density at radius 1 is 1.53 bits per heavy atom. The fourth-order valence-corrected chi connectivity index (χ4v) is 1.75. The molecule has 0 amide bonds. The highest BCUT2D eigenvalue weighted by molar-refractivity contribution is 6.30. The minimum absolute atomic E-state index is 0.0950. The minimum Gasteiger partial charge on any atom is -0.353 e. The molecule has 0 spiro atoms. The molecule has 1 aromatic heterocycles. The smallest absolute Gasteiger partial charge is 0.158 e. The van der Waals surface area contributed by atoms with Gasteiger partial charge in [-0.25, -0.2) is 4.98 Å². The van der Waals surface area contributed by atoms with Crippen molar-refractivity contribution in [2.45, 2.75) is 25.6 Å². The van der Waals surface area contributed by atoms with Crippen molar-refractivity contribution in [1.29, 1.82) is 0 Å². The molecule has 1 saturated heterocycles. The Kier molecular flexibility index (Phi) is 4.81. The van der Waals surface area contributed by atoms with Gasteiger partial charge in [-0.1, -0.05) is 23.4 Å². The van der Waals surface area contributed by atoms with Gasteiger partial charge >= 0.3 is 0 Å². The molecule has 2 rings (SSSR count). The summed E-state index contributed by atoms with van der Waals surface area (Å²) in [6, 6.07) is 3.64. The molecule has 1 atom stereocenters. The van der Waals surface area contributed by atoms with Gasteiger partial charge in [0.25, 0.3) is 0 Å². The molecule has 1 fully saturated rings. The van der Waals surface area contributed by atoms with E-state index in [-0.39, 0.29) is 6.29 Å². The van der Waals surface area contributed by atoms with E-state index in [0.717, 1.165) is 31.4 Å². The zero-order chi connectivity index (χ0) is 11.9. The van der Waals surface area contributed by atoms with Crippen LogP contribution in [0.5, 0.6) is 0 Å². The zero-order valence-electron chi connectivity index (χ0n) is 9.49. The van der Waals surface area contributed by atoms with E-state index in [1.165, 1.54) is 0 Å². The van der Waals surface area contributed by atoms with E-state index in [4.69, 9.17) is 21.1 Å². The molecule has 0 aromatic carbocycles. The van der Waals surface area contributed by atoms with Crippen LogP contribution in [-0.2, 0) is 9.47 Å². The number of hydrogen-bond donors (Lipinski definition) is 0. The molecule has 90 valence electrons. The maximum atomic E-state index is 5.87. The fourth-order valence-electron chi connectivity index (χ4n) is 1.59. The molecule has 1 unspecified atom stereocenters. The summed E-state index contributed by atoms with van der Waals surface area (Å²) in [4.78, 5) is 3.95. The molecule has 17 heavy (non-hydrogen) atoms. The molecule has 0 saturated carbocycles. The number of hydrogen-bond acceptors (Lipinski definition) is 3. The van der Waals surface area contributed by atoms with Gasteiger partial charge in [0.05, 0.1) is 5.56 Å². The minimum atomic E-state index is -0.0950. The molecular weight excluding hydrogens is 238 g/mol. The Morgan fingerprint density at radius 2 is 2.47 bits per heavy atom. The maximum absolute atomic E-state index is 5.87. The number of aromatic nitrogens is 1. The maximum Gasteiger partial charge on any atom is 0.158 e. The lowest BCUT2D eigenvalue weighted by molar-refractivity contribution is -0.154. The van der Waals surface area contributed by atoms with Gasteiger partial charge in [-0.3, -0.25) is 0 Å². The number of nitrogens with zero attached hydrogens (tertiary/aromatic N) is 1. The van der Waals surface area contributed by atoms with Crippen molar-refractivity contribution in [3.8, 4) is 11.8 Å². The van der Waals surface area contributed by atoms with Gasteiger partial charge in [-0.15, -0.1) is 0 Å². The zero-order valence-corrected chi connectivity index (χ0v) is 10.2. The van der Waals surface area contributed by atoms with Gasteiger partial charge < -0.3 is 9.47 Å². The van der Waals surface area contributed by atoms with E-state index in [0.29, 0.717) is 11.8 Å². The summed E-state index contributed by atoms with van der Waals surface area (Å²) in [5.41, 5.74) is 0.724. The van der Waals surface area contributed by atoms with Gasteiger partial charge in [-0.2, -0.15) is 0 Å². The third kappa shape index (κ3) is 4.01. The topological polar surface area (TPSA) is 31.4 Å². The van der Waals surface area contributed by atoms with Crippen molar-refractivity contribution in [1.82, 2.24) is 4.98 Å². The summed E-state index contributed by atoms with van der Waals surface area (Å²) in [6.45, 7) is 1.14. The lowest BCUT2D eigenvalue weighted by Crippen LogP contribution is -2.22.